The Bertz CT molecular complexity index is 1440. The van der Waals surface area contributed by atoms with E-state index in [1.807, 2.05) is 34.9 Å². The number of rotatable bonds is 5. The number of nitrogens with zero attached hydrogens (tertiary/aromatic N) is 3. The first-order valence-corrected chi connectivity index (χ1v) is 12.6. The van der Waals surface area contributed by atoms with E-state index < -0.39 is 17.2 Å². The second kappa shape index (κ2) is 9.88. The molecule has 8 nitrogen and oxygen atoms in total. The zero-order valence-corrected chi connectivity index (χ0v) is 21.0. The van der Waals surface area contributed by atoms with Gasteiger partial charge in [-0.25, -0.2) is 9.18 Å². The van der Waals surface area contributed by atoms with E-state index in [1.165, 1.54) is 17.3 Å². The molecule has 1 amide bonds. The van der Waals surface area contributed by atoms with Gasteiger partial charge in [0.2, 0.25) is 11.3 Å². The van der Waals surface area contributed by atoms with Gasteiger partial charge in [0.05, 0.1) is 18.3 Å². The Kier molecular flexibility index (Phi) is 6.62. The lowest BCUT2D eigenvalue weighted by molar-refractivity contribution is -0.136. The van der Waals surface area contributed by atoms with Crippen molar-refractivity contribution in [3.63, 3.8) is 0 Å². The minimum Gasteiger partial charge on any atom is -0.497 e. The Balaban J connectivity index is 1.31. The van der Waals surface area contributed by atoms with Crippen molar-refractivity contribution >= 4 is 28.5 Å². The highest BCUT2D eigenvalue weighted by atomic mass is 19.1. The van der Waals surface area contributed by atoms with E-state index in [0.717, 1.165) is 24.7 Å². The smallest absolute Gasteiger partial charge is 0.341 e. The summed E-state index contributed by atoms with van der Waals surface area (Å²) in [5, 5.41) is 9.40. The summed E-state index contributed by atoms with van der Waals surface area (Å²) in [4.78, 5) is 41.2. The fraction of sp³-hybridized carbons (Fsp3) is 0.393. The van der Waals surface area contributed by atoms with Gasteiger partial charge in [-0.3, -0.25) is 9.59 Å². The van der Waals surface area contributed by atoms with E-state index in [-0.39, 0.29) is 22.8 Å². The second-order valence-corrected chi connectivity index (χ2v) is 9.67. The molecule has 0 saturated carbocycles. The summed E-state index contributed by atoms with van der Waals surface area (Å²) in [7, 11) is 1.65. The quantitative estimate of drug-likeness (QED) is 0.570. The number of piperazine rings is 1. The maximum Gasteiger partial charge on any atom is 0.341 e. The molecule has 194 valence electrons. The fourth-order valence-electron chi connectivity index (χ4n) is 5.55. The van der Waals surface area contributed by atoms with Gasteiger partial charge >= 0.3 is 5.97 Å². The number of methoxy groups -OCH3 is 1. The molecule has 1 atom stereocenters. The molecule has 1 aliphatic carbocycles. The van der Waals surface area contributed by atoms with Gasteiger partial charge in [-0.05, 0) is 61.6 Å². The number of carboxylic acids is 1. The number of hydrogen-bond acceptors (Lipinski definition) is 5. The van der Waals surface area contributed by atoms with Crippen molar-refractivity contribution < 1.29 is 23.8 Å². The van der Waals surface area contributed by atoms with Crippen molar-refractivity contribution in [2.75, 3.05) is 38.2 Å². The predicted octanol–water partition coefficient (Wildman–Crippen LogP) is 3.32. The van der Waals surface area contributed by atoms with Crippen molar-refractivity contribution in [3.05, 3.63) is 69.3 Å². The number of ether oxygens (including phenoxy) is 1. The van der Waals surface area contributed by atoms with Crippen molar-refractivity contribution in [3.8, 4) is 5.75 Å². The topological polar surface area (TPSA) is 92.1 Å². The normalized spacial score (nSPS) is 17.5. The zero-order valence-electron chi connectivity index (χ0n) is 21.0. The van der Waals surface area contributed by atoms with Crippen LogP contribution in [0, 0.1) is 11.7 Å². The van der Waals surface area contributed by atoms with E-state index in [1.54, 1.807) is 17.7 Å². The molecule has 0 bridgehead atoms. The van der Waals surface area contributed by atoms with Crippen molar-refractivity contribution in [2.24, 2.45) is 5.92 Å². The highest BCUT2D eigenvalue weighted by Gasteiger charge is 2.31. The molecule has 5 rings (SSSR count). The fourth-order valence-corrected chi connectivity index (χ4v) is 5.55. The highest BCUT2D eigenvalue weighted by Crippen LogP contribution is 2.31. The first-order valence-electron chi connectivity index (χ1n) is 12.6. The molecular weight excluding hydrogens is 477 g/mol. The number of carbonyl (C=O) groups excluding carboxylic acids is 1. The number of halogens is 1. The van der Waals surface area contributed by atoms with Crippen LogP contribution >= 0.6 is 0 Å². The van der Waals surface area contributed by atoms with E-state index >= 15 is 4.39 Å². The van der Waals surface area contributed by atoms with Crippen LogP contribution in [0.15, 0.2) is 41.3 Å². The number of hydrogen-bond donors (Lipinski definition) is 1. The third-order valence-electron chi connectivity index (χ3n) is 7.64. The predicted molar refractivity (Wildman–Crippen MR) is 138 cm³/mol. The van der Waals surface area contributed by atoms with E-state index in [2.05, 4.69) is 0 Å². The molecule has 2 aliphatic rings. The van der Waals surface area contributed by atoms with Crippen molar-refractivity contribution in [1.82, 2.24) is 9.47 Å². The molecule has 1 N–H and O–H groups in total. The molecular formula is C28H30FN3O5. The molecule has 9 heteroatoms. The number of anilines is 1. The monoisotopic (exact) mass is 507 g/mol. The van der Waals surface area contributed by atoms with Crippen LogP contribution in [0.3, 0.4) is 0 Å². The molecule has 3 aromatic rings. The number of pyridine rings is 1. The van der Waals surface area contributed by atoms with Crippen LogP contribution in [0.1, 0.15) is 34.8 Å². The standard InChI is InChI=1S/C28H30FN3O5/c1-3-30-16-22(28(35)36)26(33)21-14-23(29)25(15-24(21)30)31-8-10-32(11-9-31)27(34)19-5-4-18-13-20(37-2)7-6-17(18)12-19/h6-7,13-16,19H,3-5,8-12H2,1-2H3,(H,35,36). The van der Waals surface area contributed by atoms with Crippen LogP contribution in [0.25, 0.3) is 10.9 Å². The molecule has 2 aromatic carbocycles. The van der Waals surface area contributed by atoms with Crippen molar-refractivity contribution in [2.45, 2.75) is 32.7 Å². The Hall–Kier alpha value is -3.88. The van der Waals surface area contributed by atoms with Gasteiger partial charge in [0.15, 0.2) is 0 Å². The first-order chi connectivity index (χ1) is 17.8. The lowest BCUT2D eigenvalue weighted by atomic mass is 9.83. The average Bonchev–Trinajstić information content (AvgIpc) is 2.92. The number of amides is 1. The van der Waals surface area contributed by atoms with Crippen molar-refractivity contribution in [1.29, 1.82) is 0 Å². The summed E-state index contributed by atoms with van der Waals surface area (Å²) in [6.07, 6.45) is 3.66. The summed E-state index contributed by atoms with van der Waals surface area (Å²) in [6, 6.07) is 8.78. The zero-order chi connectivity index (χ0) is 26.3. The van der Waals surface area contributed by atoms with Gasteiger partial charge in [0.1, 0.15) is 17.1 Å². The lowest BCUT2D eigenvalue weighted by Gasteiger charge is -2.38. The summed E-state index contributed by atoms with van der Waals surface area (Å²) in [5.41, 5.74) is 2.20. The van der Waals surface area contributed by atoms with Crippen LogP contribution in [0.2, 0.25) is 0 Å². The van der Waals surface area contributed by atoms with Crippen LogP contribution in [-0.4, -0.2) is 59.7 Å². The Morgan fingerprint density at radius 1 is 1.11 bits per heavy atom. The molecule has 2 heterocycles. The third kappa shape index (κ3) is 4.54. The lowest BCUT2D eigenvalue weighted by Crippen LogP contribution is -2.51. The molecule has 1 saturated heterocycles. The number of benzene rings is 2. The molecule has 1 aromatic heterocycles. The van der Waals surface area contributed by atoms with Gasteiger partial charge in [-0.15, -0.1) is 0 Å². The van der Waals surface area contributed by atoms with Gasteiger partial charge in [-0.1, -0.05) is 6.07 Å². The van der Waals surface area contributed by atoms with Gasteiger partial charge < -0.3 is 24.2 Å². The average molecular weight is 508 g/mol. The first kappa shape index (κ1) is 24.8. The Labute approximate surface area is 213 Å². The van der Waals surface area contributed by atoms with Gasteiger partial charge in [-0.2, -0.15) is 0 Å². The second-order valence-electron chi connectivity index (χ2n) is 9.67. The summed E-state index contributed by atoms with van der Waals surface area (Å²) in [6.45, 7) is 4.18. The number of fused-ring (bicyclic) bond motifs is 2. The number of carbonyl (C=O) groups is 2. The summed E-state index contributed by atoms with van der Waals surface area (Å²) in [5.74, 6) is -0.998. The molecule has 1 aliphatic heterocycles. The molecule has 0 spiro atoms. The van der Waals surface area contributed by atoms with E-state index in [4.69, 9.17) is 4.74 Å². The minimum absolute atomic E-state index is 0.0482. The Morgan fingerprint density at radius 2 is 1.86 bits per heavy atom. The molecule has 37 heavy (non-hydrogen) atoms. The number of carboxylic acid groups (broad SMARTS) is 1. The molecule has 1 fully saturated rings. The Morgan fingerprint density at radius 3 is 2.54 bits per heavy atom. The maximum atomic E-state index is 15.2. The molecule has 0 radical (unpaired) electrons. The van der Waals surface area contributed by atoms with Crippen LogP contribution in [0.5, 0.6) is 5.75 Å². The van der Waals surface area contributed by atoms with Crippen LogP contribution < -0.4 is 15.1 Å². The summed E-state index contributed by atoms with van der Waals surface area (Å²) < 4.78 is 22.1. The van der Waals surface area contributed by atoms with Gasteiger partial charge in [0.25, 0.3) is 0 Å². The maximum absolute atomic E-state index is 15.2. The number of aromatic nitrogens is 1. The number of aromatic carboxylic acids is 1. The van der Waals surface area contributed by atoms with E-state index in [0.29, 0.717) is 50.3 Å². The molecule has 1 unspecified atom stereocenters. The van der Waals surface area contributed by atoms with Crippen LogP contribution in [0.4, 0.5) is 10.1 Å². The SMILES string of the molecule is CCn1cc(C(=O)O)c(=O)c2cc(F)c(N3CCN(C(=O)C4CCc5cc(OC)ccc5C4)CC3)cc21. The largest absolute Gasteiger partial charge is 0.497 e. The third-order valence-corrected chi connectivity index (χ3v) is 7.64. The highest BCUT2D eigenvalue weighted by molar-refractivity contribution is 5.93. The summed E-state index contributed by atoms with van der Waals surface area (Å²) >= 11 is 0. The van der Waals surface area contributed by atoms with Gasteiger partial charge in [0, 0.05) is 50.2 Å². The van der Waals surface area contributed by atoms with Crippen LogP contribution in [-0.2, 0) is 24.2 Å². The number of aryl methyl sites for hydroxylation is 2. The minimum atomic E-state index is -1.33. The van der Waals surface area contributed by atoms with E-state index in [9.17, 15) is 19.5 Å².